The molecule has 1 saturated carbocycles. The summed E-state index contributed by atoms with van der Waals surface area (Å²) in [6.07, 6.45) is 6.70. The molecule has 1 N–H and O–H groups in total. The van der Waals surface area contributed by atoms with Crippen LogP contribution in [0.25, 0.3) is 22.6 Å². The summed E-state index contributed by atoms with van der Waals surface area (Å²) >= 11 is 6.92. The van der Waals surface area contributed by atoms with Crippen molar-refractivity contribution >= 4 is 22.8 Å². The molecular formula is C28H30ClN7O. The Hall–Kier alpha value is -3.07. The highest BCUT2D eigenvalue weighted by atomic mass is 35.5. The molecule has 1 aromatic carbocycles. The maximum absolute atomic E-state index is 6.92. The van der Waals surface area contributed by atoms with Crippen LogP contribution >= 0.6 is 11.6 Å². The van der Waals surface area contributed by atoms with E-state index < -0.39 is 0 Å². The van der Waals surface area contributed by atoms with Gasteiger partial charge in [-0.2, -0.15) is 4.98 Å². The molecule has 0 atom stereocenters. The monoisotopic (exact) mass is 515 g/mol. The van der Waals surface area contributed by atoms with Gasteiger partial charge in [-0.1, -0.05) is 17.7 Å². The SMILES string of the molecule is Cc1ccnc(Cn2c(-c3ccc(CN4CC5(CCN5)C4)cc3Cl)nc3c(OC4(C)CC4)ncnc32)c1. The highest BCUT2D eigenvalue weighted by Gasteiger charge is 2.46. The number of aryl methyl sites for hydroxylation is 1. The number of halogens is 1. The second kappa shape index (κ2) is 8.48. The van der Waals surface area contributed by atoms with E-state index in [2.05, 4.69) is 67.8 Å². The van der Waals surface area contributed by atoms with E-state index in [0.717, 1.165) is 61.7 Å². The molecule has 7 rings (SSSR count). The number of rotatable bonds is 7. The summed E-state index contributed by atoms with van der Waals surface area (Å²) in [6, 6.07) is 10.4. The standard InChI is InChI=1S/C28H30ClN7O/c1-18-5-9-30-20(11-18)14-36-24(34-23-25(36)31-17-32-26(23)37-27(2)6-7-27)21-4-3-19(12-22(21)29)13-35-15-28(16-35)8-10-33-28/h3-5,9,11-12,17,33H,6-8,10,13-16H2,1-2H3. The van der Waals surface area contributed by atoms with Crippen LogP contribution in [0.4, 0.5) is 0 Å². The van der Waals surface area contributed by atoms with Crippen molar-refractivity contribution in [3.05, 3.63) is 64.7 Å². The summed E-state index contributed by atoms with van der Waals surface area (Å²) in [4.78, 5) is 21.1. The average Bonchev–Trinajstić information content (AvgIpc) is 3.43. The molecule has 2 saturated heterocycles. The summed E-state index contributed by atoms with van der Waals surface area (Å²) in [5, 5.41) is 4.25. The van der Waals surface area contributed by atoms with Gasteiger partial charge in [0.2, 0.25) is 5.88 Å². The molecule has 1 spiro atoms. The molecule has 3 aromatic heterocycles. The molecule has 8 nitrogen and oxygen atoms in total. The molecule has 9 heteroatoms. The second-order valence-electron chi connectivity index (χ2n) is 11.2. The lowest BCUT2D eigenvalue weighted by atomic mass is 9.80. The Balaban J connectivity index is 1.26. The van der Waals surface area contributed by atoms with Gasteiger partial charge in [0.25, 0.3) is 0 Å². The summed E-state index contributed by atoms with van der Waals surface area (Å²) in [5.41, 5.74) is 5.72. The highest BCUT2D eigenvalue weighted by Crippen LogP contribution is 2.41. The van der Waals surface area contributed by atoms with Crippen LogP contribution < -0.4 is 10.1 Å². The van der Waals surface area contributed by atoms with Gasteiger partial charge < -0.3 is 14.6 Å². The van der Waals surface area contributed by atoms with E-state index in [0.29, 0.717) is 34.2 Å². The molecule has 5 heterocycles. The fraction of sp³-hybridized carbons (Fsp3) is 0.429. The molecule has 37 heavy (non-hydrogen) atoms. The number of fused-ring (bicyclic) bond motifs is 1. The van der Waals surface area contributed by atoms with Crippen molar-refractivity contribution in [2.24, 2.45) is 0 Å². The summed E-state index contributed by atoms with van der Waals surface area (Å²) in [7, 11) is 0. The van der Waals surface area contributed by atoms with Crippen LogP contribution in [-0.2, 0) is 13.1 Å². The zero-order valence-electron chi connectivity index (χ0n) is 21.2. The van der Waals surface area contributed by atoms with E-state index in [1.807, 2.05) is 12.3 Å². The first-order valence-electron chi connectivity index (χ1n) is 13.0. The Labute approximate surface area is 221 Å². The largest absolute Gasteiger partial charge is 0.470 e. The first-order chi connectivity index (χ1) is 17.9. The molecule has 0 radical (unpaired) electrons. The third kappa shape index (κ3) is 4.27. The molecule has 4 aromatic rings. The topological polar surface area (TPSA) is 81.0 Å². The van der Waals surface area contributed by atoms with Crippen LogP contribution in [0.1, 0.15) is 43.0 Å². The molecule has 0 amide bonds. The first kappa shape index (κ1) is 23.1. The number of hydrogen-bond acceptors (Lipinski definition) is 7. The number of aromatic nitrogens is 5. The minimum absolute atomic E-state index is 0.174. The van der Waals surface area contributed by atoms with Gasteiger partial charge >= 0.3 is 0 Å². The number of nitrogens with zero attached hydrogens (tertiary/aromatic N) is 6. The van der Waals surface area contributed by atoms with Crippen molar-refractivity contribution in [3.63, 3.8) is 0 Å². The normalized spacial score (nSPS) is 19.5. The Kier molecular flexibility index (Phi) is 5.29. The lowest BCUT2D eigenvalue weighted by Gasteiger charge is -2.56. The van der Waals surface area contributed by atoms with E-state index in [4.69, 9.17) is 21.3 Å². The van der Waals surface area contributed by atoms with Crippen molar-refractivity contribution < 1.29 is 4.74 Å². The van der Waals surface area contributed by atoms with Crippen LogP contribution in [0.15, 0.2) is 42.9 Å². The summed E-state index contributed by atoms with van der Waals surface area (Å²) < 4.78 is 8.33. The maximum atomic E-state index is 6.92. The lowest BCUT2D eigenvalue weighted by molar-refractivity contribution is -0.0108. The van der Waals surface area contributed by atoms with Crippen LogP contribution in [0.3, 0.4) is 0 Å². The summed E-state index contributed by atoms with van der Waals surface area (Å²) in [6.45, 7) is 8.93. The van der Waals surface area contributed by atoms with Gasteiger partial charge in [0.1, 0.15) is 17.8 Å². The van der Waals surface area contributed by atoms with Crippen molar-refractivity contribution in [1.29, 1.82) is 0 Å². The van der Waals surface area contributed by atoms with Crippen LogP contribution in [0, 0.1) is 6.92 Å². The fourth-order valence-corrected chi connectivity index (χ4v) is 5.76. The predicted molar refractivity (Wildman–Crippen MR) is 143 cm³/mol. The zero-order chi connectivity index (χ0) is 25.2. The molecule has 0 bridgehead atoms. The number of pyridine rings is 1. The Bertz CT molecular complexity index is 1500. The average molecular weight is 516 g/mol. The number of nitrogens with one attached hydrogen (secondary N) is 1. The molecule has 3 fully saturated rings. The van der Waals surface area contributed by atoms with Gasteiger partial charge in [-0.3, -0.25) is 9.88 Å². The van der Waals surface area contributed by atoms with Gasteiger partial charge in [-0.15, -0.1) is 0 Å². The van der Waals surface area contributed by atoms with Gasteiger partial charge in [-0.25, -0.2) is 9.97 Å². The minimum atomic E-state index is -0.174. The number of likely N-dealkylation sites (tertiary alicyclic amines) is 1. The van der Waals surface area contributed by atoms with Crippen molar-refractivity contribution in [1.82, 2.24) is 34.7 Å². The quantitative estimate of drug-likeness (QED) is 0.391. The molecular weight excluding hydrogens is 486 g/mol. The molecule has 190 valence electrons. The third-order valence-electron chi connectivity index (χ3n) is 7.92. The third-order valence-corrected chi connectivity index (χ3v) is 8.24. The van der Waals surface area contributed by atoms with E-state index in [1.165, 1.54) is 12.0 Å². The van der Waals surface area contributed by atoms with E-state index >= 15 is 0 Å². The van der Waals surface area contributed by atoms with Gasteiger partial charge in [-0.05, 0) is 75.0 Å². The van der Waals surface area contributed by atoms with Crippen molar-refractivity contribution in [2.75, 3.05) is 19.6 Å². The number of imidazole rings is 1. The van der Waals surface area contributed by atoms with E-state index in [-0.39, 0.29) is 5.60 Å². The van der Waals surface area contributed by atoms with Crippen LogP contribution in [0.2, 0.25) is 5.02 Å². The summed E-state index contributed by atoms with van der Waals surface area (Å²) in [5.74, 6) is 1.26. The van der Waals surface area contributed by atoms with Gasteiger partial charge in [0.15, 0.2) is 11.2 Å². The first-order valence-corrected chi connectivity index (χ1v) is 13.3. The zero-order valence-corrected chi connectivity index (χ0v) is 21.9. The fourth-order valence-electron chi connectivity index (χ4n) is 5.47. The lowest BCUT2D eigenvalue weighted by Crippen LogP contribution is -2.75. The van der Waals surface area contributed by atoms with Crippen molar-refractivity contribution in [3.8, 4) is 17.3 Å². The highest BCUT2D eigenvalue weighted by molar-refractivity contribution is 6.33. The van der Waals surface area contributed by atoms with Gasteiger partial charge in [0.05, 0.1) is 17.3 Å². The minimum Gasteiger partial charge on any atom is -0.470 e. The van der Waals surface area contributed by atoms with E-state index in [1.54, 1.807) is 6.33 Å². The van der Waals surface area contributed by atoms with E-state index in [9.17, 15) is 0 Å². The van der Waals surface area contributed by atoms with Crippen LogP contribution in [0.5, 0.6) is 5.88 Å². The van der Waals surface area contributed by atoms with Gasteiger partial charge in [0, 0.05) is 36.9 Å². The number of ether oxygens (including phenoxy) is 1. The Morgan fingerprint density at radius 1 is 1.05 bits per heavy atom. The maximum Gasteiger partial charge on any atom is 0.245 e. The molecule has 0 unspecified atom stereocenters. The Morgan fingerprint density at radius 2 is 1.89 bits per heavy atom. The second-order valence-corrected chi connectivity index (χ2v) is 11.6. The Morgan fingerprint density at radius 3 is 2.59 bits per heavy atom. The number of benzene rings is 1. The van der Waals surface area contributed by atoms with Crippen molar-refractivity contribution in [2.45, 2.75) is 57.3 Å². The molecule has 2 aliphatic heterocycles. The van der Waals surface area contributed by atoms with Crippen LogP contribution in [-0.4, -0.2) is 60.2 Å². The predicted octanol–water partition coefficient (Wildman–Crippen LogP) is 4.38. The molecule has 3 aliphatic rings. The number of hydrogen-bond donors (Lipinski definition) is 1. The smallest absolute Gasteiger partial charge is 0.245 e. The molecule has 1 aliphatic carbocycles.